The topological polar surface area (TPSA) is 43.4 Å². The molecule has 0 aromatic heterocycles. The average molecular weight is 591 g/mol. The maximum Gasteiger partial charge on any atom is 0.330 e. The van der Waals surface area contributed by atoms with Crippen molar-refractivity contribution in [3.8, 4) is 0 Å². The van der Waals surface area contributed by atoms with Gasteiger partial charge in [0.15, 0.2) is 0 Å². The predicted octanol–water partition coefficient (Wildman–Crippen LogP) is 13.0. The zero-order valence-electron chi connectivity index (χ0n) is 28.7. The van der Waals surface area contributed by atoms with E-state index in [4.69, 9.17) is 4.74 Å². The van der Waals surface area contributed by atoms with Gasteiger partial charge in [0, 0.05) is 18.9 Å². The number of hydrogen-bond donors (Lipinski definition) is 0. The summed E-state index contributed by atoms with van der Waals surface area (Å²) < 4.78 is 5.34. The summed E-state index contributed by atoms with van der Waals surface area (Å²) >= 11 is 0. The zero-order valence-corrected chi connectivity index (χ0v) is 28.7. The van der Waals surface area contributed by atoms with Crippen LogP contribution < -0.4 is 0 Å². The molecule has 1 atom stereocenters. The van der Waals surface area contributed by atoms with E-state index < -0.39 is 0 Å². The molecule has 0 bridgehead atoms. The van der Waals surface area contributed by atoms with Crippen LogP contribution in [0.15, 0.2) is 12.7 Å². The summed E-state index contributed by atoms with van der Waals surface area (Å²) in [5.41, 5.74) is 0. The summed E-state index contributed by atoms with van der Waals surface area (Å²) in [6.45, 7) is 8.42. The standard InChI is InChI=1S/C39H74O3/c1-4-7-9-11-13-15-17-19-21-23-25-27-29-31-33-37(36-42-39(41)6-3)35-38(40)34-32-30-28-26-24-22-20-18-16-14-12-10-8-5-2/h6,37H,3-5,7-36H2,1-2H3. The molecule has 0 spiro atoms. The van der Waals surface area contributed by atoms with Gasteiger partial charge in [-0.2, -0.15) is 0 Å². The van der Waals surface area contributed by atoms with Crippen LogP contribution in [0, 0.1) is 5.92 Å². The number of carbonyl (C=O) groups is 2. The highest BCUT2D eigenvalue weighted by Crippen LogP contribution is 2.20. The third-order valence-corrected chi connectivity index (χ3v) is 8.92. The largest absolute Gasteiger partial charge is 0.462 e. The van der Waals surface area contributed by atoms with Gasteiger partial charge in [0.1, 0.15) is 5.78 Å². The van der Waals surface area contributed by atoms with Crippen LogP contribution in [0.2, 0.25) is 0 Å². The number of Topliss-reactive ketones (excluding diaryl/α,β-unsaturated/α-hetero) is 1. The third-order valence-electron chi connectivity index (χ3n) is 8.92. The van der Waals surface area contributed by atoms with Crippen LogP contribution in [0.5, 0.6) is 0 Å². The van der Waals surface area contributed by atoms with Crippen molar-refractivity contribution in [2.24, 2.45) is 5.92 Å². The molecule has 0 amide bonds. The van der Waals surface area contributed by atoms with Crippen LogP contribution in [0.3, 0.4) is 0 Å². The van der Waals surface area contributed by atoms with Gasteiger partial charge in [0.25, 0.3) is 0 Å². The second-order valence-corrected chi connectivity index (χ2v) is 13.2. The molecule has 0 rings (SSSR count). The van der Waals surface area contributed by atoms with Gasteiger partial charge >= 0.3 is 5.97 Å². The highest BCUT2D eigenvalue weighted by Gasteiger charge is 2.15. The Bertz CT molecular complexity index is 584. The van der Waals surface area contributed by atoms with Gasteiger partial charge in [-0.1, -0.05) is 194 Å². The molecular formula is C39H74O3. The first-order chi connectivity index (χ1) is 20.6. The Kier molecular flexibility index (Phi) is 33.5. The number of ketones is 1. The Labute approximate surface area is 263 Å². The fraction of sp³-hybridized carbons (Fsp3) is 0.897. The summed E-state index contributed by atoms with van der Waals surface area (Å²) in [7, 11) is 0. The molecule has 0 fully saturated rings. The summed E-state index contributed by atoms with van der Waals surface area (Å²) in [6, 6.07) is 0. The average Bonchev–Trinajstić information content (AvgIpc) is 2.99. The van der Waals surface area contributed by atoms with Crippen LogP contribution in [0.4, 0.5) is 0 Å². The van der Waals surface area contributed by atoms with Crippen molar-refractivity contribution in [2.45, 2.75) is 213 Å². The SMILES string of the molecule is C=CC(=O)OCC(CCCCCCCCCCCCCCCC)CC(=O)CCCCCCCCCCCCCCCC. The van der Waals surface area contributed by atoms with Gasteiger partial charge in [-0.25, -0.2) is 4.79 Å². The van der Waals surface area contributed by atoms with E-state index in [-0.39, 0.29) is 11.9 Å². The fourth-order valence-corrected chi connectivity index (χ4v) is 6.07. The van der Waals surface area contributed by atoms with Crippen LogP contribution >= 0.6 is 0 Å². The number of carbonyl (C=O) groups excluding carboxylic acids is 2. The van der Waals surface area contributed by atoms with Gasteiger partial charge in [0.05, 0.1) is 6.61 Å². The molecule has 3 heteroatoms. The molecular weight excluding hydrogens is 516 g/mol. The number of ether oxygens (including phenoxy) is 1. The maximum atomic E-state index is 12.7. The zero-order chi connectivity index (χ0) is 30.8. The second-order valence-electron chi connectivity index (χ2n) is 13.2. The first-order valence-electron chi connectivity index (χ1n) is 18.9. The van der Waals surface area contributed by atoms with Crippen molar-refractivity contribution in [2.75, 3.05) is 6.61 Å². The summed E-state index contributed by atoms with van der Waals surface area (Å²) in [6.07, 6.45) is 41.0. The molecule has 0 saturated carbocycles. The lowest BCUT2D eigenvalue weighted by molar-refractivity contribution is -0.140. The van der Waals surface area contributed by atoms with Gasteiger partial charge in [0.2, 0.25) is 0 Å². The number of esters is 1. The summed E-state index contributed by atoms with van der Waals surface area (Å²) in [5, 5.41) is 0. The molecule has 248 valence electrons. The minimum absolute atomic E-state index is 0.158. The lowest BCUT2D eigenvalue weighted by Gasteiger charge is -2.16. The Balaban J connectivity index is 3.80. The monoisotopic (exact) mass is 591 g/mol. The van der Waals surface area contributed by atoms with Crippen molar-refractivity contribution >= 4 is 11.8 Å². The van der Waals surface area contributed by atoms with Crippen LogP contribution in [-0.2, 0) is 14.3 Å². The summed E-state index contributed by atoms with van der Waals surface area (Å²) in [5.74, 6) is 0.129. The molecule has 0 radical (unpaired) electrons. The molecule has 0 aromatic carbocycles. The van der Waals surface area contributed by atoms with E-state index in [9.17, 15) is 9.59 Å². The molecule has 0 aliphatic rings. The Morgan fingerprint density at radius 1 is 0.524 bits per heavy atom. The van der Waals surface area contributed by atoms with E-state index in [1.165, 1.54) is 167 Å². The molecule has 1 unspecified atom stereocenters. The normalized spacial score (nSPS) is 12.0. The molecule has 0 aliphatic heterocycles. The van der Waals surface area contributed by atoms with Crippen molar-refractivity contribution in [3.05, 3.63) is 12.7 Å². The van der Waals surface area contributed by atoms with E-state index in [0.29, 0.717) is 25.2 Å². The second kappa shape index (κ2) is 34.4. The number of hydrogen-bond acceptors (Lipinski definition) is 3. The van der Waals surface area contributed by atoms with Crippen molar-refractivity contribution in [3.63, 3.8) is 0 Å². The van der Waals surface area contributed by atoms with Crippen molar-refractivity contribution in [1.29, 1.82) is 0 Å². The molecule has 0 aliphatic carbocycles. The summed E-state index contributed by atoms with van der Waals surface area (Å²) in [4.78, 5) is 24.3. The minimum atomic E-state index is -0.375. The molecule has 0 aromatic rings. The van der Waals surface area contributed by atoms with Crippen molar-refractivity contribution in [1.82, 2.24) is 0 Å². The van der Waals surface area contributed by atoms with E-state index in [2.05, 4.69) is 20.4 Å². The van der Waals surface area contributed by atoms with E-state index in [1.54, 1.807) is 0 Å². The highest BCUT2D eigenvalue weighted by atomic mass is 16.5. The molecule has 0 saturated heterocycles. The lowest BCUT2D eigenvalue weighted by Crippen LogP contribution is -2.17. The molecule has 42 heavy (non-hydrogen) atoms. The smallest absolute Gasteiger partial charge is 0.330 e. The molecule has 3 nitrogen and oxygen atoms in total. The van der Waals surface area contributed by atoms with E-state index in [0.717, 1.165) is 25.7 Å². The lowest BCUT2D eigenvalue weighted by atomic mass is 9.94. The number of rotatable bonds is 35. The van der Waals surface area contributed by atoms with Crippen LogP contribution in [0.1, 0.15) is 213 Å². The van der Waals surface area contributed by atoms with Gasteiger partial charge in [-0.3, -0.25) is 4.79 Å². The molecule has 0 heterocycles. The van der Waals surface area contributed by atoms with E-state index >= 15 is 0 Å². The maximum absolute atomic E-state index is 12.7. The first kappa shape index (κ1) is 40.9. The van der Waals surface area contributed by atoms with E-state index in [1.807, 2.05) is 0 Å². The Hall–Kier alpha value is -1.12. The highest BCUT2D eigenvalue weighted by molar-refractivity contribution is 5.81. The van der Waals surface area contributed by atoms with Gasteiger partial charge < -0.3 is 4.74 Å². The predicted molar refractivity (Wildman–Crippen MR) is 184 cm³/mol. The molecule has 0 N–H and O–H groups in total. The van der Waals surface area contributed by atoms with Gasteiger partial charge in [-0.05, 0) is 18.8 Å². The van der Waals surface area contributed by atoms with Crippen LogP contribution in [-0.4, -0.2) is 18.4 Å². The Morgan fingerprint density at radius 3 is 1.21 bits per heavy atom. The van der Waals surface area contributed by atoms with Crippen molar-refractivity contribution < 1.29 is 14.3 Å². The number of unbranched alkanes of at least 4 members (excludes halogenated alkanes) is 26. The fourth-order valence-electron chi connectivity index (χ4n) is 6.07. The van der Waals surface area contributed by atoms with Crippen LogP contribution in [0.25, 0.3) is 0 Å². The quantitative estimate of drug-likeness (QED) is 0.0419. The minimum Gasteiger partial charge on any atom is -0.462 e. The van der Waals surface area contributed by atoms with Gasteiger partial charge in [-0.15, -0.1) is 0 Å². The Morgan fingerprint density at radius 2 is 0.857 bits per heavy atom. The first-order valence-corrected chi connectivity index (χ1v) is 18.9. The third kappa shape index (κ3) is 31.8.